The van der Waals surface area contributed by atoms with Crippen molar-refractivity contribution in [3.05, 3.63) is 67.8 Å². The quantitative estimate of drug-likeness (QED) is 0.398. The Hall–Kier alpha value is -2.03. The summed E-state index contributed by atoms with van der Waals surface area (Å²) in [4.78, 5) is 24.6. The number of anilines is 1. The summed E-state index contributed by atoms with van der Waals surface area (Å²) in [5.74, 6) is -0.142. The number of nitro groups is 1. The molecule has 0 saturated heterocycles. The van der Waals surface area contributed by atoms with Crippen LogP contribution in [0.4, 0.5) is 11.4 Å². The molecule has 8 heteroatoms. The maximum atomic E-state index is 12.2. The second kappa shape index (κ2) is 8.72. The molecular weight excluding hydrogens is 394 g/mol. The van der Waals surface area contributed by atoms with Gasteiger partial charge >= 0.3 is 0 Å². The molecule has 24 heavy (non-hydrogen) atoms. The third kappa shape index (κ3) is 5.55. The molecule has 0 spiro atoms. The van der Waals surface area contributed by atoms with E-state index in [4.69, 9.17) is 0 Å². The minimum atomic E-state index is -0.472. The van der Waals surface area contributed by atoms with Gasteiger partial charge in [-0.05, 0) is 46.3 Å². The number of quaternary nitrogens is 1. The summed E-state index contributed by atoms with van der Waals surface area (Å²) in [6.07, 6.45) is 1.79. The summed E-state index contributed by atoms with van der Waals surface area (Å²) in [6.45, 7) is 5.43. The number of nitro benzene ring substituents is 1. The van der Waals surface area contributed by atoms with Crippen molar-refractivity contribution in [1.29, 1.82) is 0 Å². The van der Waals surface area contributed by atoms with Crippen molar-refractivity contribution in [3.8, 4) is 0 Å². The average molecular weight is 411 g/mol. The Bertz CT molecular complexity index is 730. The van der Waals surface area contributed by atoms with E-state index in [1.165, 1.54) is 29.1 Å². The molecular formula is C16H17BrN3O3S+. The smallest absolute Gasteiger partial charge is 0.279 e. The highest BCUT2D eigenvalue weighted by Crippen LogP contribution is 2.21. The third-order valence-electron chi connectivity index (χ3n) is 3.26. The second-order valence-corrected chi connectivity index (χ2v) is 7.70. The van der Waals surface area contributed by atoms with Gasteiger partial charge < -0.3 is 10.2 Å². The van der Waals surface area contributed by atoms with Crippen molar-refractivity contribution >= 4 is 44.5 Å². The summed E-state index contributed by atoms with van der Waals surface area (Å²) < 4.78 is 1.06. The zero-order valence-electron chi connectivity index (χ0n) is 12.8. The van der Waals surface area contributed by atoms with Gasteiger partial charge in [-0.3, -0.25) is 14.9 Å². The Morgan fingerprint density at radius 2 is 2.04 bits per heavy atom. The van der Waals surface area contributed by atoms with E-state index >= 15 is 0 Å². The lowest BCUT2D eigenvalue weighted by atomic mass is 10.3. The first-order valence-corrected chi connectivity index (χ1v) is 8.82. The van der Waals surface area contributed by atoms with E-state index < -0.39 is 4.92 Å². The summed E-state index contributed by atoms with van der Waals surface area (Å²) in [7, 11) is 0. The van der Waals surface area contributed by atoms with E-state index in [-0.39, 0.29) is 11.6 Å². The topological polar surface area (TPSA) is 76.7 Å². The van der Waals surface area contributed by atoms with Crippen molar-refractivity contribution in [3.63, 3.8) is 0 Å². The van der Waals surface area contributed by atoms with Crippen molar-refractivity contribution < 1.29 is 14.6 Å². The van der Waals surface area contributed by atoms with Gasteiger partial charge in [-0.2, -0.15) is 0 Å². The molecule has 0 fully saturated rings. The number of carbonyl (C=O) groups excluding carboxylic acids is 1. The van der Waals surface area contributed by atoms with Gasteiger partial charge in [0.1, 0.15) is 6.54 Å². The number of hydrogen-bond donors (Lipinski definition) is 2. The SMILES string of the molecule is C=CC[NH+](CC(=O)Nc1ccc([N+](=O)[O-])cc1)Cc1ccc(Br)s1. The Balaban J connectivity index is 1.94. The number of nitrogens with zero attached hydrogens (tertiary/aromatic N) is 1. The molecule has 0 saturated carbocycles. The minimum absolute atomic E-state index is 0.00446. The standard InChI is InChI=1S/C16H16BrN3O3S/c1-2-9-19(10-14-7-8-15(17)24-14)11-16(21)18-12-3-5-13(6-4-12)20(22)23/h2-8H,1,9-11H2,(H,18,21)/p+1. The van der Waals surface area contributed by atoms with Crippen LogP contribution in [0.5, 0.6) is 0 Å². The Kier molecular flexibility index (Phi) is 6.65. The normalized spacial score (nSPS) is 11.7. The van der Waals surface area contributed by atoms with Crippen LogP contribution in [0.2, 0.25) is 0 Å². The van der Waals surface area contributed by atoms with E-state index in [1.807, 2.05) is 12.1 Å². The van der Waals surface area contributed by atoms with Crippen LogP contribution < -0.4 is 10.2 Å². The van der Waals surface area contributed by atoms with Crippen LogP contribution in [0.15, 0.2) is 52.8 Å². The van der Waals surface area contributed by atoms with Gasteiger partial charge in [0.25, 0.3) is 11.6 Å². The van der Waals surface area contributed by atoms with Gasteiger partial charge in [0.15, 0.2) is 6.54 Å². The van der Waals surface area contributed by atoms with Crippen molar-refractivity contribution in [2.24, 2.45) is 0 Å². The van der Waals surface area contributed by atoms with Crippen LogP contribution in [-0.4, -0.2) is 23.9 Å². The molecule has 1 amide bonds. The largest absolute Gasteiger partial charge is 0.321 e. The number of amides is 1. The van der Waals surface area contributed by atoms with E-state index in [2.05, 4.69) is 27.8 Å². The van der Waals surface area contributed by atoms with E-state index in [0.29, 0.717) is 18.8 Å². The lowest BCUT2D eigenvalue weighted by Gasteiger charge is -2.16. The summed E-state index contributed by atoms with van der Waals surface area (Å²) in [6, 6.07) is 9.81. The number of carbonyl (C=O) groups is 1. The van der Waals surface area contributed by atoms with Gasteiger partial charge in [0.05, 0.1) is 20.1 Å². The molecule has 6 nitrogen and oxygen atoms in total. The highest BCUT2D eigenvalue weighted by Gasteiger charge is 2.15. The fourth-order valence-corrected chi connectivity index (χ4v) is 3.76. The predicted molar refractivity (Wildman–Crippen MR) is 98.3 cm³/mol. The Labute approximate surface area is 152 Å². The molecule has 0 aliphatic carbocycles. The molecule has 0 aliphatic heterocycles. The number of thiophene rings is 1. The predicted octanol–water partition coefficient (Wildman–Crippen LogP) is 2.63. The second-order valence-electron chi connectivity index (χ2n) is 5.15. The van der Waals surface area contributed by atoms with Crippen LogP contribution in [0.1, 0.15) is 4.88 Å². The molecule has 2 N–H and O–H groups in total. The van der Waals surface area contributed by atoms with Crippen LogP contribution in [0.25, 0.3) is 0 Å². The zero-order chi connectivity index (χ0) is 17.5. The fraction of sp³-hybridized carbons (Fsp3) is 0.188. The third-order valence-corrected chi connectivity index (χ3v) is 4.88. The first-order valence-electron chi connectivity index (χ1n) is 7.21. The molecule has 1 aromatic carbocycles. The van der Waals surface area contributed by atoms with E-state index in [1.54, 1.807) is 17.4 Å². The highest BCUT2D eigenvalue weighted by molar-refractivity contribution is 9.11. The van der Waals surface area contributed by atoms with Gasteiger partial charge in [-0.25, -0.2) is 0 Å². The monoisotopic (exact) mass is 410 g/mol. The zero-order valence-corrected chi connectivity index (χ0v) is 15.2. The van der Waals surface area contributed by atoms with Crippen molar-refractivity contribution in [2.75, 3.05) is 18.4 Å². The molecule has 0 radical (unpaired) electrons. The molecule has 126 valence electrons. The number of rotatable bonds is 8. The molecule has 2 aromatic rings. The first-order chi connectivity index (χ1) is 11.5. The van der Waals surface area contributed by atoms with Gasteiger partial charge in [-0.15, -0.1) is 11.3 Å². The number of non-ortho nitro benzene ring substituents is 1. The number of benzene rings is 1. The number of halogens is 1. The summed E-state index contributed by atoms with van der Waals surface area (Å²) in [5.41, 5.74) is 0.539. The maximum absolute atomic E-state index is 12.2. The Morgan fingerprint density at radius 1 is 1.33 bits per heavy atom. The van der Waals surface area contributed by atoms with Gasteiger partial charge in [0.2, 0.25) is 0 Å². The molecule has 2 rings (SSSR count). The lowest BCUT2D eigenvalue weighted by Crippen LogP contribution is -3.11. The van der Waals surface area contributed by atoms with Crippen LogP contribution in [0.3, 0.4) is 0 Å². The molecule has 1 aromatic heterocycles. The van der Waals surface area contributed by atoms with Crippen LogP contribution in [0, 0.1) is 10.1 Å². The van der Waals surface area contributed by atoms with Crippen LogP contribution in [-0.2, 0) is 11.3 Å². The fourth-order valence-electron chi connectivity index (χ4n) is 2.20. The van der Waals surface area contributed by atoms with Crippen LogP contribution >= 0.6 is 27.3 Å². The summed E-state index contributed by atoms with van der Waals surface area (Å²) >= 11 is 5.08. The molecule has 0 bridgehead atoms. The first kappa shape index (κ1) is 18.3. The summed E-state index contributed by atoms with van der Waals surface area (Å²) in [5, 5.41) is 13.4. The van der Waals surface area contributed by atoms with Crippen molar-refractivity contribution in [1.82, 2.24) is 0 Å². The number of nitrogens with one attached hydrogen (secondary N) is 2. The van der Waals surface area contributed by atoms with Gasteiger partial charge in [0, 0.05) is 17.8 Å². The average Bonchev–Trinajstić information content (AvgIpc) is 2.93. The molecule has 1 atom stereocenters. The number of hydrogen-bond acceptors (Lipinski definition) is 4. The highest BCUT2D eigenvalue weighted by atomic mass is 79.9. The molecule has 1 unspecified atom stereocenters. The lowest BCUT2D eigenvalue weighted by molar-refractivity contribution is -0.899. The maximum Gasteiger partial charge on any atom is 0.279 e. The van der Waals surface area contributed by atoms with Crippen molar-refractivity contribution in [2.45, 2.75) is 6.54 Å². The molecule has 1 heterocycles. The minimum Gasteiger partial charge on any atom is -0.321 e. The van der Waals surface area contributed by atoms with Gasteiger partial charge in [-0.1, -0.05) is 6.58 Å². The molecule has 0 aliphatic rings. The Morgan fingerprint density at radius 3 is 2.58 bits per heavy atom. The van der Waals surface area contributed by atoms with E-state index in [9.17, 15) is 14.9 Å². The van der Waals surface area contributed by atoms with E-state index in [0.717, 1.165) is 15.2 Å².